The van der Waals surface area contributed by atoms with Crippen LogP contribution in [0.3, 0.4) is 0 Å². The standard InChI is InChI=1S/C9H15BrN4S/c1-6(15-3)4-12-8-7(10)5-13-9(11-2)14-8/h5-6H,4H2,1-3H3,(H2,11,12,13,14). The smallest absolute Gasteiger partial charge is 0.224 e. The van der Waals surface area contributed by atoms with Crippen LogP contribution in [0, 0.1) is 0 Å². The van der Waals surface area contributed by atoms with Gasteiger partial charge in [0, 0.05) is 25.0 Å². The molecule has 2 N–H and O–H groups in total. The highest BCUT2D eigenvalue weighted by Gasteiger charge is 2.05. The van der Waals surface area contributed by atoms with Gasteiger partial charge < -0.3 is 10.6 Å². The van der Waals surface area contributed by atoms with E-state index in [0.29, 0.717) is 11.2 Å². The van der Waals surface area contributed by atoms with Gasteiger partial charge in [0.05, 0.1) is 4.47 Å². The Morgan fingerprint density at radius 2 is 2.33 bits per heavy atom. The van der Waals surface area contributed by atoms with Gasteiger partial charge in [-0.3, -0.25) is 0 Å². The SMILES string of the molecule is CNc1ncc(Br)c(NCC(C)SC)n1. The fourth-order valence-corrected chi connectivity index (χ4v) is 1.52. The van der Waals surface area contributed by atoms with E-state index in [9.17, 15) is 0 Å². The molecule has 0 aliphatic rings. The first-order chi connectivity index (χ1) is 7.17. The van der Waals surface area contributed by atoms with Gasteiger partial charge in [-0.2, -0.15) is 16.7 Å². The fourth-order valence-electron chi connectivity index (χ4n) is 0.935. The minimum atomic E-state index is 0.560. The number of hydrogen-bond donors (Lipinski definition) is 2. The molecule has 0 saturated carbocycles. The van der Waals surface area contributed by atoms with Crippen molar-refractivity contribution >= 4 is 39.5 Å². The van der Waals surface area contributed by atoms with E-state index >= 15 is 0 Å². The van der Waals surface area contributed by atoms with Crippen molar-refractivity contribution in [2.24, 2.45) is 0 Å². The molecule has 0 amide bonds. The Morgan fingerprint density at radius 3 is 2.93 bits per heavy atom. The van der Waals surface area contributed by atoms with Crippen LogP contribution in [0.1, 0.15) is 6.92 Å². The van der Waals surface area contributed by atoms with Gasteiger partial charge in [-0.25, -0.2) is 4.98 Å². The normalized spacial score (nSPS) is 12.3. The van der Waals surface area contributed by atoms with E-state index in [4.69, 9.17) is 0 Å². The van der Waals surface area contributed by atoms with Crippen LogP contribution in [0.25, 0.3) is 0 Å². The predicted molar refractivity (Wildman–Crippen MR) is 70.7 cm³/mol. The van der Waals surface area contributed by atoms with E-state index in [1.165, 1.54) is 0 Å². The van der Waals surface area contributed by atoms with Crippen LogP contribution in [0.15, 0.2) is 10.7 Å². The fraction of sp³-hybridized carbons (Fsp3) is 0.556. The average molecular weight is 291 g/mol. The molecular weight excluding hydrogens is 276 g/mol. The van der Waals surface area contributed by atoms with Crippen molar-refractivity contribution in [3.63, 3.8) is 0 Å². The lowest BCUT2D eigenvalue weighted by Gasteiger charge is -2.12. The van der Waals surface area contributed by atoms with E-state index in [1.54, 1.807) is 13.2 Å². The molecule has 1 aromatic heterocycles. The van der Waals surface area contributed by atoms with E-state index in [2.05, 4.69) is 49.7 Å². The molecule has 0 aromatic carbocycles. The van der Waals surface area contributed by atoms with E-state index in [0.717, 1.165) is 16.8 Å². The monoisotopic (exact) mass is 290 g/mol. The maximum Gasteiger partial charge on any atom is 0.224 e. The third-order valence-electron chi connectivity index (χ3n) is 1.93. The lowest BCUT2D eigenvalue weighted by atomic mass is 10.4. The Hall–Kier alpha value is -0.490. The summed E-state index contributed by atoms with van der Waals surface area (Å²) >= 11 is 5.23. The Balaban J connectivity index is 2.66. The Morgan fingerprint density at radius 1 is 1.60 bits per heavy atom. The topological polar surface area (TPSA) is 49.8 Å². The van der Waals surface area contributed by atoms with Gasteiger partial charge in [-0.15, -0.1) is 0 Å². The lowest BCUT2D eigenvalue weighted by Crippen LogP contribution is -2.14. The summed E-state index contributed by atoms with van der Waals surface area (Å²) in [5, 5.41) is 6.75. The Bertz CT molecular complexity index is 321. The third kappa shape index (κ3) is 3.87. The molecule has 1 rings (SSSR count). The van der Waals surface area contributed by atoms with Crippen molar-refractivity contribution in [2.75, 3.05) is 30.5 Å². The summed E-state index contributed by atoms with van der Waals surface area (Å²) in [5.41, 5.74) is 0. The second-order valence-corrected chi connectivity index (χ2v) is 5.20. The van der Waals surface area contributed by atoms with Crippen molar-refractivity contribution in [3.05, 3.63) is 10.7 Å². The molecule has 1 heterocycles. The van der Waals surface area contributed by atoms with Gasteiger partial charge in [0.15, 0.2) is 0 Å². The minimum Gasteiger partial charge on any atom is -0.368 e. The average Bonchev–Trinajstić information content (AvgIpc) is 2.27. The number of anilines is 2. The molecular formula is C9H15BrN4S. The number of hydrogen-bond acceptors (Lipinski definition) is 5. The quantitative estimate of drug-likeness (QED) is 0.872. The number of thioether (sulfide) groups is 1. The van der Waals surface area contributed by atoms with Gasteiger partial charge >= 0.3 is 0 Å². The van der Waals surface area contributed by atoms with Gasteiger partial charge in [0.25, 0.3) is 0 Å². The number of halogens is 1. The zero-order valence-electron chi connectivity index (χ0n) is 9.04. The van der Waals surface area contributed by atoms with Crippen molar-refractivity contribution in [1.29, 1.82) is 0 Å². The summed E-state index contributed by atoms with van der Waals surface area (Å²) in [6, 6.07) is 0. The first-order valence-electron chi connectivity index (χ1n) is 4.64. The minimum absolute atomic E-state index is 0.560. The van der Waals surface area contributed by atoms with Crippen molar-refractivity contribution in [2.45, 2.75) is 12.2 Å². The second-order valence-electron chi connectivity index (χ2n) is 3.07. The summed E-state index contributed by atoms with van der Waals surface area (Å²) in [5.74, 6) is 1.45. The van der Waals surface area contributed by atoms with Crippen LogP contribution in [0.5, 0.6) is 0 Å². The largest absolute Gasteiger partial charge is 0.368 e. The highest BCUT2D eigenvalue weighted by Crippen LogP contribution is 2.20. The molecule has 0 bridgehead atoms. The van der Waals surface area contributed by atoms with Crippen molar-refractivity contribution in [3.8, 4) is 0 Å². The Kier molecular flexibility index (Phi) is 5.17. The van der Waals surface area contributed by atoms with E-state index in [-0.39, 0.29) is 0 Å². The molecule has 0 spiro atoms. The summed E-state index contributed by atoms with van der Waals surface area (Å²) < 4.78 is 0.884. The van der Waals surface area contributed by atoms with Crippen LogP contribution in [-0.2, 0) is 0 Å². The van der Waals surface area contributed by atoms with Gasteiger partial charge in [0.2, 0.25) is 5.95 Å². The van der Waals surface area contributed by atoms with Crippen LogP contribution in [-0.4, -0.2) is 35.1 Å². The molecule has 0 saturated heterocycles. The molecule has 1 unspecified atom stereocenters. The lowest BCUT2D eigenvalue weighted by molar-refractivity contribution is 0.983. The molecule has 4 nitrogen and oxygen atoms in total. The molecule has 6 heteroatoms. The summed E-state index contributed by atoms with van der Waals surface area (Å²) in [6.07, 6.45) is 3.84. The van der Waals surface area contributed by atoms with Gasteiger partial charge in [-0.05, 0) is 22.2 Å². The number of rotatable bonds is 5. The zero-order chi connectivity index (χ0) is 11.3. The third-order valence-corrected chi connectivity index (χ3v) is 3.48. The number of nitrogens with zero attached hydrogens (tertiary/aromatic N) is 2. The second kappa shape index (κ2) is 6.17. The molecule has 1 aromatic rings. The maximum absolute atomic E-state index is 4.31. The van der Waals surface area contributed by atoms with Crippen LogP contribution in [0.4, 0.5) is 11.8 Å². The molecule has 0 radical (unpaired) electrons. The highest BCUT2D eigenvalue weighted by molar-refractivity contribution is 9.10. The number of nitrogens with one attached hydrogen (secondary N) is 2. The van der Waals surface area contributed by atoms with Crippen molar-refractivity contribution < 1.29 is 0 Å². The summed E-state index contributed by atoms with van der Waals surface area (Å²) in [6.45, 7) is 3.06. The molecule has 0 aliphatic heterocycles. The van der Waals surface area contributed by atoms with Crippen LogP contribution >= 0.6 is 27.7 Å². The molecule has 0 fully saturated rings. The zero-order valence-corrected chi connectivity index (χ0v) is 11.4. The van der Waals surface area contributed by atoms with Crippen LogP contribution in [0.2, 0.25) is 0 Å². The first-order valence-corrected chi connectivity index (χ1v) is 6.72. The van der Waals surface area contributed by atoms with Gasteiger partial charge in [-0.1, -0.05) is 6.92 Å². The van der Waals surface area contributed by atoms with E-state index in [1.807, 2.05) is 11.8 Å². The summed E-state index contributed by atoms with van der Waals surface area (Å²) in [7, 11) is 1.80. The van der Waals surface area contributed by atoms with Crippen molar-refractivity contribution in [1.82, 2.24) is 9.97 Å². The number of aromatic nitrogens is 2. The highest BCUT2D eigenvalue weighted by atomic mass is 79.9. The summed E-state index contributed by atoms with van der Waals surface area (Å²) in [4.78, 5) is 8.40. The molecule has 15 heavy (non-hydrogen) atoms. The predicted octanol–water partition coefficient (Wildman–Crippen LogP) is 2.44. The Labute approximate surface area is 103 Å². The molecule has 84 valence electrons. The molecule has 0 aliphatic carbocycles. The van der Waals surface area contributed by atoms with Gasteiger partial charge in [0.1, 0.15) is 5.82 Å². The van der Waals surface area contributed by atoms with E-state index < -0.39 is 0 Å². The maximum atomic E-state index is 4.31. The van der Waals surface area contributed by atoms with Crippen LogP contribution < -0.4 is 10.6 Å². The molecule has 1 atom stereocenters. The first kappa shape index (κ1) is 12.6.